The molecule has 1 aliphatic rings. The van der Waals surface area contributed by atoms with Crippen molar-refractivity contribution in [1.29, 1.82) is 0 Å². The highest BCUT2D eigenvalue weighted by Gasteiger charge is 2.35. The number of sulfonamides is 1. The van der Waals surface area contributed by atoms with E-state index in [1.54, 1.807) is 24.3 Å². The maximum atomic E-state index is 14.0. The number of terminal acetylenes is 1. The number of thioether (sulfide) groups is 1. The maximum Gasteiger partial charge on any atom is 0.433 e. The number of ether oxygens (including phenoxy) is 1. The fourth-order valence-electron chi connectivity index (χ4n) is 3.92. The molecule has 39 heavy (non-hydrogen) atoms. The molecule has 0 amide bonds. The SMILES string of the molecule is C#Cc1cc(C(F)(F)F)ncc1-c1cc(S(=O)(=O)N2CCSc3ccccc32)c(OCCCC(=O)O)cc1Cl. The first kappa shape index (κ1) is 28.6. The van der Waals surface area contributed by atoms with Gasteiger partial charge >= 0.3 is 12.1 Å². The van der Waals surface area contributed by atoms with Crippen molar-refractivity contribution in [3.05, 3.63) is 64.9 Å². The summed E-state index contributed by atoms with van der Waals surface area (Å²) in [7, 11) is -4.29. The van der Waals surface area contributed by atoms with Crippen LogP contribution in [0.25, 0.3) is 11.1 Å². The van der Waals surface area contributed by atoms with Crippen LogP contribution in [0, 0.1) is 12.3 Å². The lowest BCUT2D eigenvalue weighted by molar-refractivity contribution is -0.141. The van der Waals surface area contributed by atoms with Gasteiger partial charge in [-0.15, -0.1) is 18.2 Å². The highest BCUT2D eigenvalue weighted by atomic mass is 35.5. The Bertz CT molecular complexity index is 1570. The standard InChI is InChI=1S/C26H20ClF3N2O5S2/c1-2-16-12-24(26(28,29)30)31-15-18(16)17-13-23(21(14-19(17)27)37-10-5-8-25(33)34)39(35,36)32-9-11-38-22-7-4-3-6-20(22)32/h1,3-4,6-7,12-15H,5,8-11H2,(H,33,34). The second-order valence-electron chi connectivity index (χ2n) is 8.28. The number of carboxylic acids is 1. The van der Waals surface area contributed by atoms with Gasteiger partial charge in [-0.1, -0.05) is 29.7 Å². The third kappa shape index (κ3) is 6.11. The largest absolute Gasteiger partial charge is 0.492 e. The Balaban J connectivity index is 1.86. The van der Waals surface area contributed by atoms with Gasteiger partial charge in [0, 0.05) is 52.6 Å². The van der Waals surface area contributed by atoms with E-state index in [0.717, 1.165) is 11.1 Å². The minimum absolute atomic E-state index is 0.0268. The quantitative estimate of drug-likeness (QED) is 0.254. The van der Waals surface area contributed by atoms with Crippen molar-refractivity contribution in [2.45, 2.75) is 28.8 Å². The normalized spacial score (nSPS) is 13.5. The van der Waals surface area contributed by atoms with Crippen molar-refractivity contribution in [2.24, 2.45) is 0 Å². The lowest BCUT2D eigenvalue weighted by Crippen LogP contribution is -2.35. The van der Waals surface area contributed by atoms with Gasteiger partial charge < -0.3 is 9.84 Å². The highest BCUT2D eigenvalue weighted by Crippen LogP contribution is 2.43. The Hall–Kier alpha value is -3.40. The molecule has 0 saturated carbocycles. The van der Waals surface area contributed by atoms with Crippen LogP contribution >= 0.6 is 23.4 Å². The second kappa shape index (κ2) is 11.4. The van der Waals surface area contributed by atoms with E-state index in [0.29, 0.717) is 17.5 Å². The Labute approximate surface area is 232 Å². The zero-order chi connectivity index (χ0) is 28.4. The zero-order valence-corrected chi connectivity index (χ0v) is 22.4. The van der Waals surface area contributed by atoms with Gasteiger partial charge in [-0.3, -0.25) is 14.1 Å². The van der Waals surface area contributed by atoms with Crippen molar-refractivity contribution < 1.29 is 36.2 Å². The molecule has 13 heteroatoms. The molecule has 0 unspecified atom stereocenters. The van der Waals surface area contributed by atoms with Crippen LogP contribution in [0.1, 0.15) is 24.1 Å². The number of pyridine rings is 1. The first-order valence-electron chi connectivity index (χ1n) is 11.4. The van der Waals surface area contributed by atoms with Gasteiger partial charge in [-0.05, 0) is 30.7 Å². The van der Waals surface area contributed by atoms with Gasteiger partial charge in [-0.25, -0.2) is 8.42 Å². The summed E-state index contributed by atoms with van der Waals surface area (Å²) in [5.41, 5.74) is -0.857. The highest BCUT2D eigenvalue weighted by molar-refractivity contribution is 8.00. The monoisotopic (exact) mass is 596 g/mol. The summed E-state index contributed by atoms with van der Waals surface area (Å²) >= 11 is 7.97. The number of carbonyl (C=O) groups is 1. The summed E-state index contributed by atoms with van der Waals surface area (Å²) in [4.78, 5) is 14.8. The van der Waals surface area contributed by atoms with Gasteiger partial charge in [0.2, 0.25) is 0 Å². The zero-order valence-electron chi connectivity index (χ0n) is 20.0. The fourth-order valence-corrected chi connectivity index (χ4v) is 6.97. The maximum absolute atomic E-state index is 14.0. The molecule has 1 aromatic heterocycles. The van der Waals surface area contributed by atoms with Crippen LogP contribution in [0.15, 0.2) is 58.5 Å². The molecule has 1 N–H and O–H groups in total. The number of aliphatic carboxylic acids is 1. The summed E-state index contributed by atoms with van der Waals surface area (Å²) in [6, 6.07) is 10.1. The molecular weight excluding hydrogens is 577 g/mol. The fraction of sp³-hybridized carbons (Fsp3) is 0.231. The summed E-state index contributed by atoms with van der Waals surface area (Å²) < 4.78 is 74.6. The molecule has 2 heterocycles. The molecule has 0 saturated heterocycles. The first-order chi connectivity index (χ1) is 18.4. The first-order valence-corrected chi connectivity index (χ1v) is 14.2. The van der Waals surface area contributed by atoms with E-state index in [9.17, 15) is 26.4 Å². The van der Waals surface area contributed by atoms with Crippen LogP contribution in [-0.2, 0) is 21.0 Å². The molecule has 2 aromatic carbocycles. The number of aromatic nitrogens is 1. The number of carboxylic acid groups (broad SMARTS) is 1. The minimum Gasteiger partial charge on any atom is -0.492 e. The molecule has 0 aliphatic carbocycles. The number of halogens is 4. The molecule has 0 atom stereocenters. The number of anilines is 1. The van der Waals surface area contributed by atoms with Gasteiger partial charge in [0.15, 0.2) is 0 Å². The lowest BCUT2D eigenvalue weighted by atomic mass is 10.0. The van der Waals surface area contributed by atoms with Crippen LogP contribution in [0.2, 0.25) is 5.02 Å². The van der Waals surface area contributed by atoms with Crippen molar-refractivity contribution in [3.63, 3.8) is 0 Å². The molecule has 204 valence electrons. The van der Waals surface area contributed by atoms with Crippen LogP contribution in [-0.4, -0.2) is 43.4 Å². The van der Waals surface area contributed by atoms with Gasteiger partial charge in [0.25, 0.3) is 10.0 Å². The second-order valence-corrected chi connectivity index (χ2v) is 11.6. The lowest BCUT2D eigenvalue weighted by Gasteiger charge is -2.30. The predicted octanol–water partition coefficient (Wildman–Crippen LogP) is 5.95. The molecule has 0 radical (unpaired) electrons. The van der Waals surface area contributed by atoms with E-state index < -0.39 is 27.9 Å². The minimum atomic E-state index is -4.74. The van der Waals surface area contributed by atoms with Gasteiger partial charge in [0.05, 0.1) is 17.3 Å². The van der Waals surface area contributed by atoms with Crippen molar-refractivity contribution >= 4 is 45.0 Å². The van der Waals surface area contributed by atoms with Gasteiger partial charge in [0.1, 0.15) is 16.3 Å². The van der Waals surface area contributed by atoms with Crippen molar-refractivity contribution in [3.8, 4) is 29.2 Å². The van der Waals surface area contributed by atoms with E-state index in [1.807, 2.05) is 0 Å². The average molecular weight is 597 g/mol. The van der Waals surface area contributed by atoms with E-state index in [-0.39, 0.29) is 58.4 Å². The van der Waals surface area contributed by atoms with E-state index in [4.69, 9.17) is 27.9 Å². The molecule has 3 aromatic rings. The van der Waals surface area contributed by atoms with Crippen molar-refractivity contribution in [2.75, 3.05) is 23.2 Å². The molecule has 0 spiro atoms. The number of benzene rings is 2. The molecule has 4 rings (SSSR count). The van der Waals surface area contributed by atoms with E-state index >= 15 is 0 Å². The van der Waals surface area contributed by atoms with Crippen LogP contribution in [0.5, 0.6) is 5.75 Å². The number of alkyl halides is 3. The Morgan fingerprint density at radius 1 is 1.23 bits per heavy atom. The third-order valence-corrected chi connectivity index (χ3v) is 8.91. The molecule has 0 fully saturated rings. The van der Waals surface area contributed by atoms with E-state index in [2.05, 4.69) is 10.9 Å². The smallest absolute Gasteiger partial charge is 0.433 e. The number of rotatable bonds is 8. The number of nitrogens with zero attached hydrogens (tertiary/aromatic N) is 2. The molecule has 1 aliphatic heterocycles. The average Bonchev–Trinajstić information content (AvgIpc) is 2.89. The summed E-state index contributed by atoms with van der Waals surface area (Å²) in [5, 5.41) is 8.86. The number of hydrogen-bond donors (Lipinski definition) is 1. The Kier molecular flexibility index (Phi) is 8.34. The van der Waals surface area contributed by atoms with Crippen molar-refractivity contribution in [1.82, 2.24) is 4.98 Å². The number of fused-ring (bicyclic) bond motifs is 1. The Morgan fingerprint density at radius 3 is 2.67 bits per heavy atom. The van der Waals surface area contributed by atoms with E-state index in [1.165, 1.54) is 28.2 Å². The summed E-state index contributed by atoms with van der Waals surface area (Å²) in [6.07, 6.45) is 1.55. The molecule has 0 bridgehead atoms. The van der Waals surface area contributed by atoms with Gasteiger partial charge in [-0.2, -0.15) is 13.2 Å². The number of para-hydroxylation sites is 1. The Morgan fingerprint density at radius 2 is 1.97 bits per heavy atom. The number of hydrogen-bond acceptors (Lipinski definition) is 6. The third-order valence-electron chi connectivity index (χ3n) is 5.72. The summed E-state index contributed by atoms with van der Waals surface area (Å²) in [5.74, 6) is 1.49. The van der Waals surface area contributed by atoms with Crippen LogP contribution in [0.4, 0.5) is 18.9 Å². The topological polar surface area (TPSA) is 96.8 Å². The summed E-state index contributed by atoms with van der Waals surface area (Å²) in [6.45, 7) is 0.0340. The predicted molar refractivity (Wildman–Crippen MR) is 142 cm³/mol. The van der Waals surface area contributed by atoms with Crippen LogP contribution < -0.4 is 9.04 Å². The van der Waals surface area contributed by atoms with Crippen LogP contribution in [0.3, 0.4) is 0 Å². The molecule has 7 nitrogen and oxygen atoms in total. The molecular formula is C26H20ClF3N2O5S2.